The van der Waals surface area contributed by atoms with Crippen molar-refractivity contribution in [1.29, 1.82) is 5.41 Å². The second-order valence-corrected chi connectivity index (χ2v) is 9.08. The molecule has 0 radical (unpaired) electrons. The molecule has 0 bridgehead atoms. The minimum atomic E-state index is -0.533. The third-order valence-corrected chi connectivity index (χ3v) is 5.91. The van der Waals surface area contributed by atoms with Gasteiger partial charge in [0.15, 0.2) is 0 Å². The van der Waals surface area contributed by atoms with Gasteiger partial charge in [0.1, 0.15) is 0 Å². The highest BCUT2D eigenvalue weighted by Gasteiger charge is 2.17. The number of amides is 1. The average Bonchev–Trinajstić information content (AvgIpc) is 2.89. The number of anilines is 1. The summed E-state index contributed by atoms with van der Waals surface area (Å²) in [4.78, 5) is 29.1. The first-order valence-corrected chi connectivity index (χ1v) is 12.0. The Balaban J connectivity index is 1.68. The van der Waals surface area contributed by atoms with Gasteiger partial charge in [-0.1, -0.05) is 48.1 Å². The fourth-order valence-corrected chi connectivity index (χ4v) is 3.79. The quantitative estimate of drug-likeness (QED) is 0.216. The lowest BCUT2D eigenvalue weighted by molar-refractivity contribution is 0.0948. The van der Waals surface area contributed by atoms with Crippen molar-refractivity contribution in [2.24, 2.45) is 0 Å². The van der Waals surface area contributed by atoms with E-state index in [4.69, 9.17) is 11.1 Å². The van der Waals surface area contributed by atoms with Crippen LogP contribution in [-0.2, 0) is 13.0 Å². The van der Waals surface area contributed by atoms with Crippen molar-refractivity contribution in [2.45, 2.75) is 39.8 Å². The van der Waals surface area contributed by atoms with Crippen molar-refractivity contribution in [3.8, 4) is 0 Å². The molecule has 0 aliphatic carbocycles. The van der Waals surface area contributed by atoms with E-state index in [0.717, 1.165) is 22.3 Å². The van der Waals surface area contributed by atoms with E-state index in [1.54, 1.807) is 48.2 Å². The predicted molar refractivity (Wildman–Crippen MR) is 150 cm³/mol. The molecular formula is C30H33N5O2. The molecular weight excluding hydrogens is 462 g/mol. The summed E-state index contributed by atoms with van der Waals surface area (Å²) in [6.07, 6.45) is 11.2. The molecule has 1 aromatic carbocycles. The lowest BCUT2D eigenvalue weighted by Crippen LogP contribution is -2.39. The lowest BCUT2D eigenvalue weighted by Gasteiger charge is -2.17. The highest BCUT2D eigenvalue weighted by Crippen LogP contribution is 2.16. The number of benzene rings is 1. The van der Waals surface area contributed by atoms with Crippen LogP contribution in [0.25, 0.3) is 0 Å². The third-order valence-electron chi connectivity index (χ3n) is 5.91. The van der Waals surface area contributed by atoms with E-state index in [9.17, 15) is 9.59 Å². The summed E-state index contributed by atoms with van der Waals surface area (Å²) >= 11 is 0. The summed E-state index contributed by atoms with van der Waals surface area (Å²) < 4.78 is 1.65. The molecule has 2 aromatic heterocycles. The van der Waals surface area contributed by atoms with E-state index < -0.39 is 6.04 Å². The van der Waals surface area contributed by atoms with E-state index >= 15 is 0 Å². The van der Waals surface area contributed by atoms with Gasteiger partial charge in [-0.3, -0.25) is 14.6 Å². The monoisotopic (exact) mass is 495 g/mol. The zero-order valence-corrected chi connectivity index (χ0v) is 21.5. The number of pyridine rings is 2. The number of nitrogens with zero attached hydrogens (tertiary/aromatic N) is 2. The van der Waals surface area contributed by atoms with Crippen LogP contribution in [0.1, 0.15) is 40.9 Å². The smallest absolute Gasteiger partial charge is 0.253 e. The third kappa shape index (κ3) is 7.48. The molecule has 0 saturated heterocycles. The van der Waals surface area contributed by atoms with Crippen LogP contribution in [0, 0.1) is 12.3 Å². The summed E-state index contributed by atoms with van der Waals surface area (Å²) in [7, 11) is 0. The molecule has 7 heteroatoms. The van der Waals surface area contributed by atoms with E-state index in [-0.39, 0.29) is 17.2 Å². The second-order valence-electron chi connectivity index (χ2n) is 9.08. The molecule has 3 rings (SSSR count). The summed E-state index contributed by atoms with van der Waals surface area (Å²) in [6, 6.07) is 11.9. The zero-order valence-electron chi connectivity index (χ0n) is 21.5. The van der Waals surface area contributed by atoms with Gasteiger partial charge in [0.2, 0.25) is 0 Å². The van der Waals surface area contributed by atoms with Gasteiger partial charge in [-0.25, -0.2) is 0 Å². The maximum atomic E-state index is 12.9. The van der Waals surface area contributed by atoms with Gasteiger partial charge in [-0.05, 0) is 62.6 Å². The molecule has 0 fully saturated rings. The molecule has 1 amide bonds. The van der Waals surface area contributed by atoms with E-state index in [1.807, 2.05) is 44.2 Å². The fraction of sp³-hybridized carbons (Fsp3) is 0.200. The van der Waals surface area contributed by atoms with E-state index in [2.05, 4.69) is 16.9 Å². The van der Waals surface area contributed by atoms with Crippen LogP contribution in [0.4, 0.5) is 5.69 Å². The average molecular weight is 496 g/mol. The number of allylic oxidation sites excluding steroid dienone is 5. The first-order valence-electron chi connectivity index (χ1n) is 12.0. The number of aromatic nitrogens is 2. The van der Waals surface area contributed by atoms with Crippen LogP contribution in [-0.4, -0.2) is 27.2 Å². The molecule has 0 aliphatic rings. The summed E-state index contributed by atoms with van der Waals surface area (Å²) in [6.45, 7) is 10.1. The molecule has 0 spiro atoms. The Morgan fingerprint density at radius 3 is 2.73 bits per heavy atom. The number of aryl methyl sites for hydroxylation is 1. The Hall–Kier alpha value is -4.52. The number of hydrogen-bond donors (Lipinski definition) is 3. The van der Waals surface area contributed by atoms with Crippen molar-refractivity contribution < 1.29 is 4.79 Å². The molecule has 37 heavy (non-hydrogen) atoms. The number of carbonyl (C=O) groups is 1. The van der Waals surface area contributed by atoms with Gasteiger partial charge in [0.05, 0.1) is 17.3 Å². The Morgan fingerprint density at radius 1 is 1.22 bits per heavy atom. The van der Waals surface area contributed by atoms with Crippen LogP contribution >= 0.6 is 0 Å². The van der Waals surface area contributed by atoms with Crippen LogP contribution in [0.5, 0.6) is 0 Å². The Bertz CT molecular complexity index is 1430. The number of nitrogens with one attached hydrogen (secondary N) is 2. The second kappa shape index (κ2) is 12.4. The molecule has 2 heterocycles. The zero-order chi connectivity index (χ0) is 26.9. The van der Waals surface area contributed by atoms with Gasteiger partial charge >= 0.3 is 0 Å². The number of nitrogens with two attached hydrogens (primary N) is 1. The maximum Gasteiger partial charge on any atom is 0.253 e. The summed E-state index contributed by atoms with van der Waals surface area (Å²) in [5.41, 5.74) is 11.6. The molecule has 1 unspecified atom stereocenters. The first-order chi connectivity index (χ1) is 17.7. The highest BCUT2D eigenvalue weighted by molar-refractivity contribution is 6.08. The van der Waals surface area contributed by atoms with Gasteiger partial charge in [0, 0.05) is 42.5 Å². The minimum absolute atomic E-state index is 0.0452. The van der Waals surface area contributed by atoms with Gasteiger partial charge in [0.25, 0.3) is 11.5 Å². The van der Waals surface area contributed by atoms with Gasteiger partial charge in [-0.2, -0.15) is 0 Å². The number of carbonyl (C=O) groups excluding carboxylic acids is 1. The summed E-state index contributed by atoms with van der Waals surface area (Å²) in [5, 5.41) is 11.4. The largest absolute Gasteiger partial charge is 0.398 e. The highest BCUT2D eigenvalue weighted by atomic mass is 16.1. The SMILES string of the molecule is C=C/C(=C\C=C(/C)Cn1ccccc1=O)Cc1cncc(C(=O)NC(C)C(=N)c2cc(C)ccc2N)c1. The van der Waals surface area contributed by atoms with Crippen molar-refractivity contribution in [1.82, 2.24) is 14.9 Å². The first kappa shape index (κ1) is 27.1. The van der Waals surface area contributed by atoms with Crippen molar-refractivity contribution >= 4 is 17.3 Å². The van der Waals surface area contributed by atoms with Gasteiger partial charge < -0.3 is 21.0 Å². The Kier molecular flexibility index (Phi) is 9.11. The molecule has 0 aliphatic heterocycles. The van der Waals surface area contributed by atoms with E-state index in [0.29, 0.717) is 29.8 Å². The topological polar surface area (TPSA) is 114 Å². The lowest BCUT2D eigenvalue weighted by atomic mass is 10.00. The van der Waals surface area contributed by atoms with Crippen LogP contribution < -0.4 is 16.6 Å². The standard InChI is InChI=1S/C30H33N5O2/c1-5-23(11-9-21(3)19-35-13-7-6-8-28(35)36)15-24-16-25(18-33-17-24)30(37)34-22(4)29(32)26-14-20(2)10-12-27(26)31/h5-14,16-18,22,32H,1,15,19,31H2,2-4H3,(H,34,37)/b21-9+,23-11+,32-29?. The molecule has 3 aromatic rings. The van der Waals surface area contributed by atoms with Gasteiger partial charge in [-0.15, -0.1) is 0 Å². The number of rotatable bonds is 10. The van der Waals surface area contributed by atoms with Crippen LogP contribution in [0.15, 0.2) is 102 Å². The van der Waals surface area contributed by atoms with Crippen molar-refractivity contribution in [2.75, 3.05) is 5.73 Å². The number of hydrogen-bond acceptors (Lipinski definition) is 5. The minimum Gasteiger partial charge on any atom is -0.398 e. The van der Waals surface area contributed by atoms with Crippen LogP contribution in [0.3, 0.4) is 0 Å². The van der Waals surface area contributed by atoms with E-state index in [1.165, 1.54) is 12.3 Å². The van der Waals surface area contributed by atoms with Crippen LogP contribution in [0.2, 0.25) is 0 Å². The molecule has 7 nitrogen and oxygen atoms in total. The molecule has 4 N–H and O–H groups in total. The Morgan fingerprint density at radius 2 is 2.00 bits per heavy atom. The maximum absolute atomic E-state index is 12.9. The number of nitrogen functional groups attached to an aromatic ring is 1. The fourth-order valence-electron chi connectivity index (χ4n) is 3.79. The van der Waals surface area contributed by atoms with Crippen molar-refractivity contribution in [3.05, 3.63) is 130 Å². The molecule has 190 valence electrons. The normalized spacial score (nSPS) is 12.6. The van der Waals surface area contributed by atoms with Crippen molar-refractivity contribution in [3.63, 3.8) is 0 Å². The molecule has 1 atom stereocenters. The molecule has 0 saturated carbocycles. The predicted octanol–water partition coefficient (Wildman–Crippen LogP) is 4.62. The Labute approximate surface area is 217 Å². The summed E-state index contributed by atoms with van der Waals surface area (Å²) in [5.74, 6) is -0.314.